The minimum absolute atomic E-state index is 0. The van der Waals surface area contributed by atoms with Gasteiger partial charge in [-0.05, 0) is 45.4 Å². The van der Waals surface area contributed by atoms with Crippen molar-refractivity contribution in [3.05, 3.63) is 29.8 Å². The van der Waals surface area contributed by atoms with Crippen molar-refractivity contribution in [1.29, 1.82) is 0 Å². The van der Waals surface area contributed by atoms with E-state index in [1.54, 1.807) is 0 Å². The molecule has 2 atom stereocenters. The molecule has 2 nitrogen and oxygen atoms in total. The summed E-state index contributed by atoms with van der Waals surface area (Å²) in [4.78, 5) is 0. The summed E-state index contributed by atoms with van der Waals surface area (Å²) in [5, 5.41) is 3.36. The molecule has 1 aliphatic carbocycles. The molecule has 0 aromatic heterocycles. The number of hydrogen-bond acceptors (Lipinski definition) is 2. The first-order valence-corrected chi connectivity index (χ1v) is 6.20. The average molecular weight is 256 g/mol. The number of rotatable bonds is 3. The van der Waals surface area contributed by atoms with E-state index in [-0.39, 0.29) is 12.4 Å². The zero-order valence-corrected chi connectivity index (χ0v) is 11.4. The summed E-state index contributed by atoms with van der Waals surface area (Å²) < 4.78 is 6.05. The summed E-state index contributed by atoms with van der Waals surface area (Å²) >= 11 is 0. The molecule has 1 saturated carbocycles. The molecule has 1 aromatic carbocycles. The van der Waals surface area contributed by atoms with Crippen molar-refractivity contribution in [2.24, 2.45) is 0 Å². The molecule has 0 heterocycles. The van der Waals surface area contributed by atoms with Crippen LogP contribution in [0, 0.1) is 6.92 Å². The lowest BCUT2D eigenvalue weighted by Gasteiger charge is -2.31. The topological polar surface area (TPSA) is 21.3 Å². The number of hydrogen-bond donors (Lipinski definition) is 1. The Morgan fingerprint density at radius 2 is 1.76 bits per heavy atom. The normalized spacial score (nSPS) is 23.9. The largest absolute Gasteiger partial charge is 0.489 e. The van der Waals surface area contributed by atoms with Gasteiger partial charge in [-0.15, -0.1) is 12.4 Å². The van der Waals surface area contributed by atoms with Gasteiger partial charge in [-0.3, -0.25) is 0 Å². The first-order chi connectivity index (χ1) is 7.79. The van der Waals surface area contributed by atoms with E-state index in [4.69, 9.17) is 4.74 Å². The molecular formula is C14H22ClNO. The predicted molar refractivity (Wildman–Crippen MR) is 74.2 cm³/mol. The second kappa shape index (κ2) is 6.87. The summed E-state index contributed by atoms with van der Waals surface area (Å²) in [5.74, 6) is 0.998. The fourth-order valence-electron chi connectivity index (χ4n) is 2.36. The molecule has 2 rings (SSSR count). The third-order valence-corrected chi connectivity index (χ3v) is 3.38. The maximum Gasteiger partial charge on any atom is 0.119 e. The maximum atomic E-state index is 6.05. The molecule has 96 valence electrons. The van der Waals surface area contributed by atoms with E-state index >= 15 is 0 Å². The lowest BCUT2D eigenvalue weighted by Crippen LogP contribution is -2.43. The Kier molecular flexibility index (Phi) is 5.79. The van der Waals surface area contributed by atoms with Crippen LogP contribution in [0.1, 0.15) is 31.2 Å². The van der Waals surface area contributed by atoms with Gasteiger partial charge in [0.2, 0.25) is 0 Å². The van der Waals surface area contributed by atoms with Crippen LogP contribution in [0.4, 0.5) is 0 Å². The smallest absolute Gasteiger partial charge is 0.119 e. The van der Waals surface area contributed by atoms with Crippen LogP contribution < -0.4 is 10.1 Å². The fourth-order valence-corrected chi connectivity index (χ4v) is 2.36. The fraction of sp³-hybridized carbons (Fsp3) is 0.571. The molecule has 1 aliphatic rings. The maximum absolute atomic E-state index is 6.05. The summed E-state index contributed by atoms with van der Waals surface area (Å²) in [6.45, 7) is 2.10. The first kappa shape index (κ1) is 14.3. The van der Waals surface area contributed by atoms with E-state index in [0.29, 0.717) is 12.1 Å². The molecule has 1 fully saturated rings. The Morgan fingerprint density at radius 1 is 1.12 bits per heavy atom. The van der Waals surface area contributed by atoms with Crippen molar-refractivity contribution in [2.45, 2.75) is 44.8 Å². The molecule has 0 radical (unpaired) electrons. The summed E-state index contributed by atoms with van der Waals surface area (Å²) in [5.41, 5.74) is 1.28. The quantitative estimate of drug-likeness (QED) is 0.895. The van der Waals surface area contributed by atoms with Crippen molar-refractivity contribution in [3.63, 3.8) is 0 Å². The molecule has 2 unspecified atom stereocenters. The van der Waals surface area contributed by atoms with Crippen LogP contribution >= 0.6 is 12.4 Å². The molecule has 0 amide bonds. The van der Waals surface area contributed by atoms with E-state index in [0.717, 1.165) is 5.75 Å². The summed E-state index contributed by atoms with van der Waals surface area (Å²) in [6, 6.07) is 8.85. The first-order valence-electron chi connectivity index (χ1n) is 6.20. The van der Waals surface area contributed by atoms with Gasteiger partial charge < -0.3 is 10.1 Å². The Bertz CT molecular complexity index is 325. The molecule has 0 saturated heterocycles. The number of likely N-dealkylation sites (N-methyl/N-ethyl adjacent to an activating group) is 1. The average Bonchev–Trinajstić information content (AvgIpc) is 2.33. The molecule has 3 heteroatoms. The van der Waals surface area contributed by atoms with Gasteiger partial charge in [0, 0.05) is 6.04 Å². The Hall–Kier alpha value is -0.730. The summed E-state index contributed by atoms with van der Waals surface area (Å²) in [6.07, 6.45) is 5.34. The number of benzene rings is 1. The van der Waals surface area contributed by atoms with Gasteiger partial charge in [-0.25, -0.2) is 0 Å². The van der Waals surface area contributed by atoms with Gasteiger partial charge in [0.15, 0.2) is 0 Å². The minimum Gasteiger partial charge on any atom is -0.489 e. The highest BCUT2D eigenvalue weighted by Crippen LogP contribution is 2.23. The van der Waals surface area contributed by atoms with Crippen molar-refractivity contribution in [1.82, 2.24) is 5.32 Å². The van der Waals surface area contributed by atoms with Crippen molar-refractivity contribution in [2.75, 3.05) is 7.05 Å². The molecule has 17 heavy (non-hydrogen) atoms. The van der Waals surface area contributed by atoms with Crippen LogP contribution in [0.2, 0.25) is 0 Å². The van der Waals surface area contributed by atoms with Gasteiger partial charge >= 0.3 is 0 Å². The van der Waals surface area contributed by atoms with Gasteiger partial charge in [0.25, 0.3) is 0 Å². The zero-order valence-electron chi connectivity index (χ0n) is 10.6. The van der Waals surface area contributed by atoms with Crippen molar-refractivity contribution in [3.8, 4) is 5.75 Å². The van der Waals surface area contributed by atoms with Crippen LogP contribution in [0.15, 0.2) is 24.3 Å². The van der Waals surface area contributed by atoms with E-state index in [9.17, 15) is 0 Å². The highest BCUT2D eigenvalue weighted by molar-refractivity contribution is 5.85. The van der Waals surface area contributed by atoms with Crippen LogP contribution in [-0.2, 0) is 0 Å². The predicted octanol–water partition coefficient (Wildman–Crippen LogP) is 3.33. The molecule has 0 bridgehead atoms. The number of nitrogens with one attached hydrogen (secondary N) is 1. The number of halogens is 1. The zero-order chi connectivity index (χ0) is 11.4. The van der Waals surface area contributed by atoms with Crippen LogP contribution in [-0.4, -0.2) is 19.2 Å². The van der Waals surface area contributed by atoms with E-state index in [1.165, 1.54) is 31.2 Å². The van der Waals surface area contributed by atoms with Crippen LogP contribution in [0.3, 0.4) is 0 Å². The number of ether oxygens (including phenoxy) is 1. The van der Waals surface area contributed by atoms with Crippen molar-refractivity contribution < 1.29 is 4.74 Å². The summed E-state index contributed by atoms with van der Waals surface area (Å²) in [7, 11) is 2.03. The molecular weight excluding hydrogens is 234 g/mol. The van der Waals surface area contributed by atoms with Crippen LogP contribution in [0.25, 0.3) is 0 Å². The molecule has 1 aromatic rings. The van der Waals surface area contributed by atoms with Gasteiger partial charge in [0.05, 0.1) is 0 Å². The SMILES string of the molecule is CNC1CCCCC1Oc1ccc(C)cc1.Cl. The molecule has 1 N–H and O–H groups in total. The Morgan fingerprint density at radius 3 is 2.41 bits per heavy atom. The monoisotopic (exact) mass is 255 g/mol. The standard InChI is InChI=1S/C14H21NO.ClH/c1-11-7-9-12(10-8-11)16-14-6-4-3-5-13(14)15-2;/h7-10,13-15H,3-6H2,1-2H3;1H. The van der Waals surface area contributed by atoms with Crippen molar-refractivity contribution >= 4 is 12.4 Å². The second-order valence-corrected chi connectivity index (χ2v) is 4.65. The Labute approximate surface area is 110 Å². The van der Waals surface area contributed by atoms with Gasteiger partial charge in [-0.1, -0.05) is 24.1 Å². The van der Waals surface area contributed by atoms with Gasteiger partial charge in [0.1, 0.15) is 11.9 Å². The minimum atomic E-state index is 0. The van der Waals surface area contributed by atoms with Gasteiger partial charge in [-0.2, -0.15) is 0 Å². The third kappa shape index (κ3) is 3.90. The highest BCUT2D eigenvalue weighted by atomic mass is 35.5. The van der Waals surface area contributed by atoms with E-state index in [1.807, 2.05) is 7.05 Å². The van der Waals surface area contributed by atoms with Crippen LogP contribution in [0.5, 0.6) is 5.75 Å². The molecule has 0 aliphatic heterocycles. The van der Waals surface area contributed by atoms with E-state index in [2.05, 4.69) is 36.5 Å². The molecule has 0 spiro atoms. The van der Waals surface area contributed by atoms with E-state index < -0.39 is 0 Å². The second-order valence-electron chi connectivity index (χ2n) is 4.65. The lowest BCUT2D eigenvalue weighted by atomic mass is 9.92. The highest BCUT2D eigenvalue weighted by Gasteiger charge is 2.25. The third-order valence-electron chi connectivity index (χ3n) is 3.38. The lowest BCUT2D eigenvalue weighted by molar-refractivity contribution is 0.118. The number of aryl methyl sites for hydroxylation is 1. The Balaban J connectivity index is 0.00000144.